The van der Waals surface area contributed by atoms with Crippen LogP contribution in [0.3, 0.4) is 0 Å². The molecule has 0 N–H and O–H groups in total. The van der Waals surface area contributed by atoms with Gasteiger partial charge in [-0.15, -0.1) is 0 Å². The summed E-state index contributed by atoms with van der Waals surface area (Å²) in [5, 5.41) is 0. The van der Waals surface area contributed by atoms with Crippen molar-refractivity contribution in [3.8, 4) is 0 Å². The van der Waals surface area contributed by atoms with E-state index in [1.54, 1.807) is 10.6 Å². The van der Waals surface area contributed by atoms with Gasteiger partial charge in [0.2, 0.25) is 10.0 Å². The summed E-state index contributed by atoms with van der Waals surface area (Å²) in [6.07, 6.45) is 5.17. The van der Waals surface area contributed by atoms with Crippen LogP contribution in [0.4, 0.5) is 0 Å². The highest BCUT2D eigenvalue weighted by atomic mass is 32.2. The standard InChI is InChI=1S/C16H27N3O3S/c1-23(20,21)19-6-2-4-15(13-19)12-17-7-9-18(10-8-17)14-16-5-3-11-22-16/h3,5,11,15H,2,4,6-10,12-14H2,1H3/t15-/m1/s1. The van der Waals surface area contributed by atoms with Gasteiger partial charge in [0.1, 0.15) is 5.76 Å². The molecule has 23 heavy (non-hydrogen) atoms. The predicted molar refractivity (Wildman–Crippen MR) is 89.6 cm³/mol. The minimum absolute atomic E-state index is 0.468. The first-order valence-corrected chi connectivity index (χ1v) is 10.3. The molecule has 0 amide bonds. The van der Waals surface area contributed by atoms with E-state index in [9.17, 15) is 8.42 Å². The topological polar surface area (TPSA) is 57.0 Å². The molecule has 0 saturated carbocycles. The van der Waals surface area contributed by atoms with Crippen LogP contribution < -0.4 is 0 Å². The molecule has 2 aliphatic heterocycles. The third-order valence-electron chi connectivity index (χ3n) is 4.89. The summed E-state index contributed by atoms with van der Waals surface area (Å²) in [7, 11) is -3.04. The van der Waals surface area contributed by atoms with Gasteiger partial charge in [-0.05, 0) is 30.9 Å². The zero-order valence-electron chi connectivity index (χ0n) is 13.9. The molecular formula is C16H27N3O3S. The summed E-state index contributed by atoms with van der Waals surface area (Å²) in [5.74, 6) is 1.49. The largest absolute Gasteiger partial charge is 0.468 e. The maximum Gasteiger partial charge on any atom is 0.211 e. The molecular weight excluding hydrogens is 314 g/mol. The van der Waals surface area contributed by atoms with Crippen molar-refractivity contribution in [3.05, 3.63) is 24.2 Å². The Morgan fingerprint density at radius 1 is 1.17 bits per heavy atom. The van der Waals surface area contributed by atoms with Gasteiger partial charge in [-0.2, -0.15) is 0 Å². The summed E-state index contributed by atoms with van der Waals surface area (Å²) in [6, 6.07) is 3.95. The first kappa shape index (κ1) is 17.0. The number of piperazine rings is 1. The SMILES string of the molecule is CS(=O)(=O)N1CCC[C@H](CN2CCN(Cc3ccco3)CC2)C1. The Kier molecular flexibility index (Phi) is 5.41. The average molecular weight is 341 g/mol. The van der Waals surface area contributed by atoms with Crippen molar-refractivity contribution < 1.29 is 12.8 Å². The van der Waals surface area contributed by atoms with Crippen LogP contribution in [0.15, 0.2) is 22.8 Å². The molecule has 1 atom stereocenters. The highest BCUT2D eigenvalue weighted by Crippen LogP contribution is 2.20. The van der Waals surface area contributed by atoms with Crippen molar-refractivity contribution in [1.29, 1.82) is 0 Å². The number of nitrogens with zero attached hydrogens (tertiary/aromatic N) is 3. The van der Waals surface area contributed by atoms with E-state index < -0.39 is 10.0 Å². The van der Waals surface area contributed by atoms with Gasteiger partial charge in [0.25, 0.3) is 0 Å². The van der Waals surface area contributed by atoms with E-state index in [1.807, 2.05) is 12.1 Å². The van der Waals surface area contributed by atoms with E-state index in [1.165, 1.54) is 6.26 Å². The quantitative estimate of drug-likeness (QED) is 0.802. The van der Waals surface area contributed by atoms with Crippen molar-refractivity contribution >= 4 is 10.0 Å². The zero-order valence-corrected chi connectivity index (χ0v) is 14.7. The Balaban J connectivity index is 1.43. The third-order valence-corrected chi connectivity index (χ3v) is 6.16. The van der Waals surface area contributed by atoms with Crippen LogP contribution in [0.1, 0.15) is 18.6 Å². The maximum absolute atomic E-state index is 11.7. The number of piperidine rings is 1. The van der Waals surface area contributed by atoms with Gasteiger partial charge in [0.05, 0.1) is 19.1 Å². The molecule has 3 rings (SSSR count). The smallest absolute Gasteiger partial charge is 0.211 e. The highest BCUT2D eigenvalue weighted by Gasteiger charge is 2.28. The van der Waals surface area contributed by atoms with Crippen LogP contribution in [0, 0.1) is 5.92 Å². The van der Waals surface area contributed by atoms with Gasteiger partial charge in [0.15, 0.2) is 0 Å². The monoisotopic (exact) mass is 341 g/mol. The lowest BCUT2D eigenvalue weighted by molar-refractivity contribution is 0.0964. The van der Waals surface area contributed by atoms with Gasteiger partial charge in [-0.1, -0.05) is 0 Å². The fraction of sp³-hybridized carbons (Fsp3) is 0.750. The van der Waals surface area contributed by atoms with Gasteiger partial charge in [-0.25, -0.2) is 12.7 Å². The molecule has 2 aliphatic rings. The second-order valence-electron chi connectivity index (χ2n) is 6.79. The molecule has 130 valence electrons. The van der Waals surface area contributed by atoms with Crippen LogP contribution in [0.2, 0.25) is 0 Å². The minimum atomic E-state index is -3.04. The molecule has 3 heterocycles. The molecule has 0 spiro atoms. The van der Waals surface area contributed by atoms with Crippen LogP contribution in [-0.4, -0.2) is 74.6 Å². The van der Waals surface area contributed by atoms with E-state index in [0.717, 1.165) is 57.9 Å². The maximum atomic E-state index is 11.7. The predicted octanol–water partition coefficient (Wildman–Crippen LogP) is 1.07. The normalized spacial score (nSPS) is 25.7. The molecule has 0 unspecified atom stereocenters. The lowest BCUT2D eigenvalue weighted by Gasteiger charge is -2.38. The van der Waals surface area contributed by atoms with E-state index >= 15 is 0 Å². The van der Waals surface area contributed by atoms with Crippen molar-refractivity contribution in [2.45, 2.75) is 19.4 Å². The van der Waals surface area contributed by atoms with E-state index in [0.29, 0.717) is 19.0 Å². The lowest BCUT2D eigenvalue weighted by Crippen LogP contribution is -2.49. The lowest BCUT2D eigenvalue weighted by atomic mass is 9.99. The van der Waals surface area contributed by atoms with Crippen molar-refractivity contribution in [1.82, 2.24) is 14.1 Å². The van der Waals surface area contributed by atoms with Crippen molar-refractivity contribution in [3.63, 3.8) is 0 Å². The van der Waals surface area contributed by atoms with E-state index in [-0.39, 0.29) is 0 Å². The number of hydrogen-bond donors (Lipinski definition) is 0. The fourth-order valence-electron chi connectivity index (χ4n) is 3.60. The first-order valence-electron chi connectivity index (χ1n) is 8.43. The molecule has 0 aliphatic carbocycles. The minimum Gasteiger partial charge on any atom is -0.468 e. The Labute approximate surface area is 139 Å². The summed E-state index contributed by atoms with van der Waals surface area (Å²) in [4.78, 5) is 4.90. The number of sulfonamides is 1. The van der Waals surface area contributed by atoms with Crippen molar-refractivity contribution in [2.24, 2.45) is 5.92 Å². The van der Waals surface area contributed by atoms with E-state index in [2.05, 4.69) is 9.80 Å². The summed E-state index contributed by atoms with van der Waals surface area (Å²) in [6.45, 7) is 7.46. The van der Waals surface area contributed by atoms with E-state index in [4.69, 9.17) is 4.42 Å². The zero-order chi connectivity index (χ0) is 16.3. The van der Waals surface area contributed by atoms with Crippen LogP contribution >= 0.6 is 0 Å². The fourth-order valence-corrected chi connectivity index (χ4v) is 4.54. The van der Waals surface area contributed by atoms with Crippen LogP contribution in [-0.2, 0) is 16.6 Å². The number of rotatable bonds is 5. The molecule has 0 bridgehead atoms. The molecule has 2 saturated heterocycles. The molecule has 0 radical (unpaired) electrons. The third kappa shape index (κ3) is 4.79. The average Bonchev–Trinajstić information content (AvgIpc) is 3.02. The van der Waals surface area contributed by atoms with Gasteiger partial charge in [-0.3, -0.25) is 4.90 Å². The Hall–Kier alpha value is -0.890. The highest BCUT2D eigenvalue weighted by molar-refractivity contribution is 7.88. The second-order valence-corrected chi connectivity index (χ2v) is 8.77. The van der Waals surface area contributed by atoms with Crippen LogP contribution in [0.5, 0.6) is 0 Å². The molecule has 1 aromatic heterocycles. The summed E-state index contributed by atoms with van der Waals surface area (Å²) >= 11 is 0. The molecule has 7 heteroatoms. The molecule has 6 nitrogen and oxygen atoms in total. The van der Waals surface area contributed by atoms with Gasteiger partial charge >= 0.3 is 0 Å². The Morgan fingerprint density at radius 3 is 2.57 bits per heavy atom. The molecule has 1 aromatic rings. The number of hydrogen-bond acceptors (Lipinski definition) is 5. The van der Waals surface area contributed by atoms with Gasteiger partial charge in [0, 0.05) is 45.8 Å². The summed E-state index contributed by atoms with van der Waals surface area (Å²) < 4.78 is 30.5. The van der Waals surface area contributed by atoms with Crippen molar-refractivity contribution in [2.75, 3.05) is 52.1 Å². The van der Waals surface area contributed by atoms with Gasteiger partial charge < -0.3 is 9.32 Å². The number of furan rings is 1. The molecule has 0 aromatic carbocycles. The summed E-state index contributed by atoms with van der Waals surface area (Å²) in [5.41, 5.74) is 0. The second kappa shape index (κ2) is 7.34. The Bertz CT molecular complexity index is 580. The Morgan fingerprint density at radius 2 is 1.91 bits per heavy atom. The first-order chi connectivity index (χ1) is 11.0. The van der Waals surface area contributed by atoms with Crippen LogP contribution in [0.25, 0.3) is 0 Å². The molecule has 2 fully saturated rings.